The Morgan fingerprint density at radius 1 is 1.29 bits per heavy atom. The van der Waals surface area contributed by atoms with Crippen molar-refractivity contribution in [2.75, 3.05) is 0 Å². The number of alkyl halides is 2. The van der Waals surface area contributed by atoms with Gasteiger partial charge in [0.2, 0.25) is 0 Å². The SMILES string of the molecule is CC(O)C(F)(F)Cc1ccc(F)cc1. The van der Waals surface area contributed by atoms with Crippen LogP contribution in [0.5, 0.6) is 0 Å². The summed E-state index contributed by atoms with van der Waals surface area (Å²) in [6.07, 6.45) is -2.28. The Bertz CT molecular complexity index is 293. The number of benzene rings is 1. The monoisotopic (exact) mass is 204 g/mol. The lowest BCUT2D eigenvalue weighted by Crippen LogP contribution is -2.33. The second-order valence-electron chi connectivity index (χ2n) is 3.24. The molecule has 1 N–H and O–H groups in total. The van der Waals surface area contributed by atoms with E-state index in [2.05, 4.69) is 0 Å². The summed E-state index contributed by atoms with van der Waals surface area (Å²) < 4.78 is 38.4. The molecule has 0 aliphatic heterocycles. The van der Waals surface area contributed by atoms with E-state index in [0.717, 1.165) is 19.1 Å². The molecule has 0 aliphatic carbocycles. The first-order valence-corrected chi connectivity index (χ1v) is 4.22. The van der Waals surface area contributed by atoms with Crippen LogP contribution in [0, 0.1) is 5.82 Å². The standard InChI is InChI=1S/C10H11F3O/c1-7(14)10(12,13)6-8-2-4-9(11)5-3-8/h2-5,7,14H,6H2,1H3. The fourth-order valence-electron chi connectivity index (χ4n) is 1.02. The van der Waals surface area contributed by atoms with Crippen LogP contribution in [0.4, 0.5) is 13.2 Å². The highest BCUT2D eigenvalue weighted by Gasteiger charge is 2.35. The van der Waals surface area contributed by atoms with Crippen molar-refractivity contribution < 1.29 is 18.3 Å². The van der Waals surface area contributed by atoms with Gasteiger partial charge in [-0.05, 0) is 24.6 Å². The molecule has 0 saturated heterocycles. The third-order valence-electron chi connectivity index (χ3n) is 1.96. The van der Waals surface area contributed by atoms with Gasteiger partial charge >= 0.3 is 0 Å². The maximum absolute atomic E-state index is 13.0. The van der Waals surface area contributed by atoms with Crippen LogP contribution >= 0.6 is 0 Å². The molecule has 4 heteroatoms. The molecule has 0 spiro atoms. The van der Waals surface area contributed by atoms with Gasteiger partial charge < -0.3 is 5.11 Å². The second-order valence-corrected chi connectivity index (χ2v) is 3.24. The Morgan fingerprint density at radius 3 is 2.21 bits per heavy atom. The van der Waals surface area contributed by atoms with E-state index in [1.54, 1.807) is 0 Å². The van der Waals surface area contributed by atoms with E-state index < -0.39 is 24.3 Å². The quantitative estimate of drug-likeness (QED) is 0.801. The second kappa shape index (κ2) is 4.00. The molecule has 0 radical (unpaired) electrons. The summed E-state index contributed by atoms with van der Waals surface area (Å²) in [7, 11) is 0. The van der Waals surface area contributed by atoms with Gasteiger partial charge in [0.05, 0.1) is 0 Å². The van der Waals surface area contributed by atoms with E-state index in [0.29, 0.717) is 5.56 Å². The molecule has 1 aromatic rings. The van der Waals surface area contributed by atoms with E-state index in [1.807, 2.05) is 0 Å². The van der Waals surface area contributed by atoms with Gasteiger partial charge in [0.15, 0.2) is 0 Å². The molecule has 14 heavy (non-hydrogen) atoms. The molecule has 1 atom stereocenters. The zero-order chi connectivity index (χ0) is 10.8. The third-order valence-corrected chi connectivity index (χ3v) is 1.96. The highest BCUT2D eigenvalue weighted by atomic mass is 19.3. The van der Waals surface area contributed by atoms with Crippen LogP contribution in [0.1, 0.15) is 12.5 Å². The Labute approximate surface area is 80.2 Å². The van der Waals surface area contributed by atoms with Gasteiger partial charge in [0, 0.05) is 6.42 Å². The van der Waals surface area contributed by atoms with Gasteiger partial charge in [-0.1, -0.05) is 12.1 Å². The molecule has 0 aliphatic rings. The molecular weight excluding hydrogens is 193 g/mol. The van der Waals surface area contributed by atoms with Crippen molar-refractivity contribution in [3.8, 4) is 0 Å². The number of hydrogen-bond donors (Lipinski definition) is 1. The van der Waals surface area contributed by atoms with Crippen LogP contribution in [0.15, 0.2) is 24.3 Å². The van der Waals surface area contributed by atoms with Crippen molar-refractivity contribution in [1.82, 2.24) is 0 Å². The van der Waals surface area contributed by atoms with Gasteiger partial charge in [-0.25, -0.2) is 13.2 Å². The number of halogens is 3. The number of aliphatic hydroxyl groups is 1. The zero-order valence-corrected chi connectivity index (χ0v) is 7.67. The number of rotatable bonds is 3. The number of aliphatic hydroxyl groups excluding tert-OH is 1. The maximum atomic E-state index is 13.0. The highest BCUT2D eigenvalue weighted by molar-refractivity contribution is 5.17. The van der Waals surface area contributed by atoms with Crippen LogP contribution in [0.2, 0.25) is 0 Å². The lowest BCUT2D eigenvalue weighted by Gasteiger charge is -2.19. The molecule has 1 unspecified atom stereocenters. The Balaban J connectivity index is 2.74. The van der Waals surface area contributed by atoms with Gasteiger partial charge in [-0.3, -0.25) is 0 Å². The summed E-state index contributed by atoms with van der Waals surface area (Å²) in [6.45, 7) is 1.03. The largest absolute Gasteiger partial charge is 0.387 e. The molecule has 0 bridgehead atoms. The van der Waals surface area contributed by atoms with E-state index in [-0.39, 0.29) is 0 Å². The molecule has 0 amide bonds. The van der Waals surface area contributed by atoms with Crippen molar-refractivity contribution in [1.29, 1.82) is 0 Å². The average molecular weight is 204 g/mol. The Kier molecular flexibility index (Phi) is 3.16. The molecule has 1 rings (SSSR count). The van der Waals surface area contributed by atoms with Crippen molar-refractivity contribution in [3.63, 3.8) is 0 Å². The van der Waals surface area contributed by atoms with Crippen LogP contribution in [0.25, 0.3) is 0 Å². The molecule has 0 aromatic heterocycles. The van der Waals surface area contributed by atoms with Crippen LogP contribution in [-0.2, 0) is 6.42 Å². The van der Waals surface area contributed by atoms with Crippen molar-refractivity contribution >= 4 is 0 Å². The van der Waals surface area contributed by atoms with Gasteiger partial charge in [-0.15, -0.1) is 0 Å². The molecule has 1 aromatic carbocycles. The molecular formula is C10H11F3O. The molecule has 0 heterocycles. The van der Waals surface area contributed by atoms with Gasteiger partial charge in [0.25, 0.3) is 5.92 Å². The predicted molar refractivity (Wildman–Crippen MR) is 46.7 cm³/mol. The minimum absolute atomic E-state index is 0.303. The normalized spacial score (nSPS) is 14.1. The summed E-state index contributed by atoms with van der Waals surface area (Å²) in [6, 6.07) is 4.80. The molecule has 78 valence electrons. The van der Waals surface area contributed by atoms with Crippen molar-refractivity contribution in [2.45, 2.75) is 25.4 Å². The third kappa shape index (κ3) is 2.73. The summed E-state index contributed by atoms with van der Waals surface area (Å²) in [5.74, 6) is -3.63. The summed E-state index contributed by atoms with van der Waals surface area (Å²) in [5.41, 5.74) is 0.303. The first-order chi connectivity index (χ1) is 6.42. The predicted octanol–water partition coefficient (Wildman–Crippen LogP) is 2.38. The number of hydrogen-bond acceptors (Lipinski definition) is 1. The molecule has 0 saturated carbocycles. The summed E-state index contributed by atoms with van der Waals surface area (Å²) >= 11 is 0. The first-order valence-electron chi connectivity index (χ1n) is 4.22. The Hall–Kier alpha value is -1.03. The van der Waals surface area contributed by atoms with E-state index >= 15 is 0 Å². The van der Waals surface area contributed by atoms with E-state index in [4.69, 9.17) is 5.11 Å². The fourth-order valence-corrected chi connectivity index (χ4v) is 1.02. The van der Waals surface area contributed by atoms with Gasteiger partial charge in [-0.2, -0.15) is 0 Å². The zero-order valence-electron chi connectivity index (χ0n) is 7.67. The summed E-state index contributed by atoms with van der Waals surface area (Å²) in [4.78, 5) is 0. The minimum Gasteiger partial charge on any atom is -0.387 e. The van der Waals surface area contributed by atoms with E-state index in [9.17, 15) is 13.2 Å². The minimum atomic E-state index is -3.17. The smallest absolute Gasteiger partial charge is 0.277 e. The molecule has 1 nitrogen and oxygen atoms in total. The lowest BCUT2D eigenvalue weighted by atomic mass is 10.0. The average Bonchev–Trinajstić information content (AvgIpc) is 2.08. The van der Waals surface area contributed by atoms with Crippen molar-refractivity contribution in [2.24, 2.45) is 0 Å². The summed E-state index contributed by atoms with van der Waals surface area (Å²) in [5, 5.41) is 8.77. The first kappa shape index (κ1) is 11.0. The fraction of sp³-hybridized carbons (Fsp3) is 0.400. The molecule has 0 fully saturated rings. The highest BCUT2D eigenvalue weighted by Crippen LogP contribution is 2.23. The Morgan fingerprint density at radius 2 is 1.79 bits per heavy atom. The van der Waals surface area contributed by atoms with Crippen molar-refractivity contribution in [3.05, 3.63) is 35.6 Å². The van der Waals surface area contributed by atoms with E-state index in [1.165, 1.54) is 12.1 Å². The van der Waals surface area contributed by atoms with Gasteiger partial charge in [0.1, 0.15) is 11.9 Å². The van der Waals surface area contributed by atoms with Crippen LogP contribution in [-0.4, -0.2) is 17.1 Å². The topological polar surface area (TPSA) is 20.2 Å². The maximum Gasteiger partial charge on any atom is 0.277 e. The van der Waals surface area contributed by atoms with Crippen LogP contribution in [0.3, 0.4) is 0 Å². The lowest BCUT2D eigenvalue weighted by molar-refractivity contribution is -0.0982. The van der Waals surface area contributed by atoms with Crippen LogP contribution < -0.4 is 0 Å².